The monoisotopic (exact) mass is 376 g/mol. The molecule has 2 N–H and O–H groups in total. The van der Waals surface area contributed by atoms with E-state index < -0.39 is 0 Å². The fourth-order valence-corrected chi connectivity index (χ4v) is 3.48. The largest absolute Gasteiger partial charge is 0.491 e. The Morgan fingerprint density at radius 2 is 2.29 bits per heavy atom. The highest BCUT2D eigenvalue weighted by Gasteiger charge is 2.27. The fourth-order valence-electron chi connectivity index (χ4n) is 2.68. The van der Waals surface area contributed by atoms with E-state index in [0.717, 1.165) is 36.2 Å². The Morgan fingerprint density at radius 1 is 1.48 bits per heavy atom. The summed E-state index contributed by atoms with van der Waals surface area (Å²) in [7, 11) is 1.77. The lowest BCUT2D eigenvalue weighted by atomic mass is 9.99. The summed E-state index contributed by atoms with van der Waals surface area (Å²) in [6.07, 6.45) is 2.39. The first-order valence-electron chi connectivity index (χ1n) is 7.18. The average Bonchev–Trinajstić information content (AvgIpc) is 2.49. The molecule has 1 aromatic rings. The van der Waals surface area contributed by atoms with Gasteiger partial charge in [0.25, 0.3) is 0 Å². The van der Waals surface area contributed by atoms with Crippen molar-refractivity contribution in [3.63, 3.8) is 0 Å². The van der Waals surface area contributed by atoms with Gasteiger partial charge in [-0.25, -0.2) is 0 Å². The third kappa shape index (κ3) is 4.83. The van der Waals surface area contributed by atoms with Gasteiger partial charge in [-0.2, -0.15) is 0 Å². The van der Waals surface area contributed by atoms with Gasteiger partial charge < -0.3 is 15.2 Å². The second-order valence-electron chi connectivity index (χ2n) is 5.23. The topological polar surface area (TPSA) is 47.7 Å². The molecule has 1 fully saturated rings. The zero-order valence-corrected chi connectivity index (χ0v) is 14.6. The first kappa shape index (κ1) is 17.0. The molecule has 1 heterocycles. The molecular formula is C15H22BrClN2O2. The van der Waals surface area contributed by atoms with Crippen molar-refractivity contribution in [2.75, 3.05) is 33.4 Å². The van der Waals surface area contributed by atoms with Crippen LogP contribution in [0.2, 0.25) is 5.02 Å². The molecule has 0 amide bonds. The maximum atomic E-state index is 5.92. The van der Waals surface area contributed by atoms with Crippen molar-refractivity contribution < 1.29 is 9.47 Å². The van der Waals surface area contributed by atoms with Gasteiger partial charge in [-0.1, -0.05) is 11.6 Å². The number of ether oxygens (including phenoxy) is 2. The Balaban J connectivity index is 1.82. The lowest BCUT2D eigenvalue weighted by Gasteiger charge is -2.38. The molecule has 1 aliphatic rings. The molecule has 6 heteroatoms. The van der Waals surface area contributed by atoms with Crippen LogP contribution in [0.1, 0.15) is 12.8 Å². The second-order valence-corrected chi connectivity index (χ2v) is 6.52. The van der Waals surface area contributed by atoms with Gasteiger partial charge in [0.15, 0.2) is 0 Å². The summed E-state index contributed by atoms with van der Waals surface area (Å²) in [4.78, 5) is 2.39. The summed E-state index contributed by atoms with van der Waals surface area (Å²) in [5.41, 5.74) is 5.87. The molecule has 2 unspecified atom stereocenters. The van der Waals surface area contributed by atoms with Gasteiger partial charge in [0.1, 0.15) is 12.4 Å². The van der Waals surface area contributed by atoms with E-state index in [1.807, 2.05) is 18.2 Å². The van der Waals surface area contributed by atoms with Gasteiger partial charge in [-0.05, 0) is 47.0 Å². The van der Waals surface area contributed by atoms with Crippen LogP contribution in [0.3, 0.4) is 0 Å². The summed E-state index contributed by atoms with van der Waals surface area (Å²) in [5.74, 6) is 0.815. The molecular weight excluding hydrogens is 356 g/mol. The quantitative estimate of drug-likeness (QED) is 0.828. The highest BCUT2D eigenvalue weighted by molar-refractivity contribution is 9.10. The fraction of sp³-hybridized carbons (Fsp3) is 0.600. The van der Waals surface area contributed by atoms with Crippen molar-refractivity contribution >= 4 is 27.5 Å². The number of nitrogens with zero attached hydrogens (tertiary/aromatic N) is 1. The number of piperidine rings is 1. The minimum atomic E-state index is 0.334. The molecule has 4 nitrogen and oxygen atoms in total. The van der Waals surface area contributed by atoms with Gasteiger partial charge in [0.05, 0.1) is 10.6 Å². The van der Waals surface area contributed by atoms with Gasteiger partial charge in [0.2, 0.25) is 0 Å². The Morgan fingerprint density at radius 3 is 2.95 bits per heavy atom. The Bertz CT molecular complexity index is 461. The van der Waals surface area contributed by atoms with E-state index in [-0.39, 0.29) is 0 Å². The van der Waals surface area contributed by atoms with Crippen LogP contribution in [0.4, 0.5) is 0 Å². The molecule has 0 spiro atoms. The van der Waals surface area contributed by atoms with Gasteiger partial charge >= 0.3 is 0 Å². The third-order valence-electron chi connectivity index (χ3n) is 3.93. The van der Waals surface area contributed by atoms with E-state index in [2.05, 4.69) is 20.8 Å². The second kappa shape index (κ2) is 8.34. The Kier molecular flexibility index (Phi) is 6.76. The standard InChI is InChI=1S/C15H22BrClN2O2/c1-20-13-4-5-19(12(9-13)10-18)6-7-21-15-3-2-11(17)8-14(15)16/h2-3,8,12-13H,4-7,9-10,18H2,1H3. The van der Waals surface area contributed by atoms with Crippen molar-refractivity contribution in [2.45, 2.75) is 25.0 Å². The molecule has 2 rings (SSSR count). The van der Waals surface area contributed by atoms with E-state index in [0.29, 0.717) is 30.3 Å². The zero-order chi connectivity index (χ0) is 15.2. The lowest BCUT2D eigenvalue weighted by Crippen LogP contribution is -2.49. The van der Waals surface area contributed by atoms with Gasteiger partial charge in [-0.3, -0.25) is 4.90 Å². The van der Waals surface area contributed by atoms with Crippen molar-refractivity contribution in [2.24, 2.45) is 5.73 Å². The molecule has 0 bridgehead atoms. The first-order chi connectivity index (χ1) is 10.1. The van der Waals surface area contributed by atoms with E-state index in [4.69, 9.17) is 26.8 Å². The third-order valence-corrected chi connectivity index (χ3v) is 4.78. The van der Waals surface area contributed by atoms with Gasteiger partial charge in [0, 0.05) is 37.8 Å². The van der Waals surface area contributed by atoms with Crippen LogP contribution in [-0.2, 0) is 4.74 Å². The lowest BCUT2D eigenvalue weighted by molar-refractivity contribution is 0.00920. The Hall–Kier alpha value is -0.330. The van der Waals surface area contributed by atoms with E-state index in [1.165, 1.54) is 0 Å². The molecule has 1 saturated heterocycles. The van der Waals surface area contributed by atoms with E-state index >= 15 is 0 Å². The maximum Gasteiger partial charge on any atom is 0.133 e. The van der Waals surface area contributed by atoms with Crippen LogP contribution in [-0.4, -0.2) is 50.4 Å². The van der Waals surface area contributed by atoms with Crippen LogP contribution in [0, 0.1) is 0 Å². The molecule has 0 radical (unpaired) electrons. The number of benzene rings is 1. The molecule has 0 saturated carbocycles. The van der Waals surface area contributed by atoms with Crippen molar-refractivity contribution in [1.82, 2.24) is 4.90 Å². The molecule has 1 aromatic carbocycles. The number of rotatable bonds is 6. The highest BCUT2D eigenvalue weighted by atomic mass is 79.9. The minimum absolute atomic E-state index is 0.334. The Labute approximate surface area is 139 Å². The summed E-state index contributed by atoms with van der Waals surface area (Å²) < 4.78 is 12.1. The number of hydrogen-bond acceptors (Lipinski definition) is 4. The normalized spacial score (nSPS) is 23.2. The smallest absolute Gasteiger partial charge is 0.133 e. The minimum Gasteiger partial charge on any atom is -0.491 e. The summed E-state index contributed by atoms with van der Waals surface area (Å²) in [6, 6.07) is 5.92. The zero-order valence-electron chi connectivity index (χ0n) is 12.2. The number of likely N-dealkylation sites (tertiary alicyclic amines) is 1. The van der Waals surface area contributed by atoms with Crippen molar-refractivity contribution in [1.29, 1.82) is 0 Å². The van der Waals surface area contributed by atoms with Crippen molar-refractivity contribution in [3.8, 4) is 5.75 Å². The predicted molar refractivity (Wildman–Crippen MR) is 89.1 cm³/mol. The molecule has 0 aromatic heterocycles. The maximum absolute atomic E-state index is 5.92. The number of halogens is 2. The molecule has 1 aliphatic heterocycles. The molecule has 118 valence electrons. The number of hydrogen-bond donors (Lipinski definition) is 1. The van der Waals surface area contributed by atoms with Crippen molar-refractivity contribution in [3.05, 3.63) is 27.7 Å². The molecule has 0 aliphatic carbocycles. The van der Waals surface area contributed by atoms with E-state index in [9.17, 15) is 0 Å². The van der Waals surface area contributed by atoms with Crippen LogP contribution >= 0.6 is 27.5 Å². The summed E-state index contributed by atoms with van der Waals surface area (Å²) in [6.45, 7) is 3.16. The van der Waals surface area contributed by atoms with Crippen LogP contribution in [0.25, 0.3) is 0 Å². The van der Waals surface area contributed by atoms with Crippen LogP contribution in [0.5, 0.6) is 5.75 Å². The van der Waals surface area contributed by atoms with Crippen LogP contribution < -0.4 is 10.5 Å². The number of methoxy groups -OCH3 is 1. The number of nitrogens with two attached hydrogens (primary N) is 1. The first-order valence-corrected chi connectivity index (χ1v) is 8.36. The summed E-state index contributed by atoms with van der Waals surface area (Å²) >= 11 is 9.37. The van der Waals surface area contributed by atoms with Crippen LogP contribution in [0.15, 0.2) is 22.7 Å². The highest BCUT2D eigenvalue weighted by Crippen LogP contribution is 2.28. The predicted octanol–water partition coefficient (Wildman–Crippen LogP) is 2.92. The molecule has 2 atom stereocenters. The SMILES string of the molecule is COC1CCN(CCOc2ccc(Cl)cc2Br)C(CN)C1. The van der Waals surface area contributed by atoms with Gasteiger partial charge in [-0.15, -0.1) is 0 Å². The average molecular weight is 378 g/mol. The summed E-state index contributed by atoms with van der Waals surface area (Å²) in [5, 5.41) is 0.694. The molecule has 21 heavy (non-hydrogen) atoms. The van der Waals surface area contributed by atoms with E-state index in [1.54, 1.807) is 7.11 Å².